The van der Waals surface area contributed by atoms with E-state index in [0.717, 1.165) is 24.1 Å². The average molecular weight is 299 g/mol. The van der Waals surface area contributed by atoms with Gasteiger partial charge in [0.2, 0.25) is 5.95 Å². The van der Waals surface area contributed by atoms with Gasteiger partial charge in [0.25, 0.3) is 0 Å². The van der Waals surface area contributed by atoms with Gasteiger partial charge in [0.15, 0.2) is 0 Å². The molecule has 0 spiro atoms. The first kappa shape index (κ1) is 16.2. The summed E-state index contributed by atoms with van der Waals surface area (Å²) in [4.78, 5) is 10.9. The van der Waals surface area contributed by atoms with Crippen LogP contribution < -0.4 is 11.1 Å². The minimum atomic E-state index is 0.504. The smallest absolute Gasteiger partial charge is 0.229 e. The molecule has 0 aliphatic rings. The number of nitrogens with two attached hydrogens (primary N) is 1. The number of hydrogen-bond donors (Lipinski definition) is 2. The standard InChI is InChI=1S/C17H25N5/c1-12-5-9-15(10-6-12)20-17-19-11-14(16(18)21-17)8-7-13(2)22(3)4/h5-6,9-11,13H,7-8H2,1-4H3,(H3,18,19,20,21). The summed E-state index contributed by atoms with van der Waals surface area (Å²) in [6.07, 6.45) is 3.74. The Balaban J connectivity index is 2.01. The molecule has 1 heterocycles. The van der Waals surface area contributed by atoms with Crippen LogP contribution in [0.25, 0.3) is 0 Å². The highest BCUT2D eigenvalue weighted by Crippen LogP contribution is 2.17. The molecular formula is C17H25N5. The van der Waals surface area contributed by atoms with Crippen molar-refractivity contribution < 1.29 is 0 Å². The molecule has 0 fully saturated rings. The van der Waals surface area contributed by atoms with Crippen LogP contribution in [0, 0.1) is 6.92 Å². The summed E-state index contributed by atoms with van der Waals surface area (Å²) in [6, 6.07) is 8.60. The summed E-state index contributed by atoms with van der Waals surface area (Å²) in [5.74, 6) is 1.08. The highest BCUT2D eigenvalue weighted by Gasteiger charge is 2.09. The first-order valence-corrected chi connectivity index (χ1v) is 7.57. The molecule has 0 aliphatic heterocycles. The van der Waals surface area contributed by atoms with Crippen LogP contribution in [0.3, 0.4) is 0 Å². The molecule has 1 unspecified atom stereocenters. The topological polar surface area (TPSA) is 67.1 Å². The summed E-state index contributed by atoms with van der Waals surface area (Å²) >= 11 is 0. The quantitative estimate of drug-likeness (QED) is 0.858. The molecule has 1 aromatic heterocycles. The van der Waals surface area contributed by atoms with Crippen LogP contribution in [0.4, 0.5) is 17.5 Å². The van der Waals surface area contributed by atoms with Crippen LogP contribution in [0.1, 0.15) is 24.5 Å². The number of nitrogens with one attached hydrogen (secondary N) is 1. The summed E-state index contributed by atoms with van der Waals surface area (Å²) in [6.45, 7) is 4.26. The zero-order valence-electron chi connectivity index (χ0n) is 13.8. The zero-order valence-corrected chi connectivity index (χ0v) is 13.8. The first-order chi connectivity index (χ1) is 10.5. The maximum absolute atomic E-state index is 6.06. The van der Waals surface area contributed by atoms with Crippen LogP contribution in [-0.4, -0.2) is 35.0 Å². The van der Waals surface area contributed by atoms with E-state index in [2.05, 4.69) is 48.1 Å². The Morgan fingerprint density at radius 2 is 1.91 bits per heavy atom. The monoisotopic (exact) mass is 299 g/mol. The minimum Gasteiger partial charge on any atom is -0.383 e. The molecule has 3 N–H and O–H groups in total. The molecule has 1 aromatic carbocycles. The fourth-order valence-electron chi connectivity index (χ4n) is 2.06. The van der Waals surface area contributed by atoms with Crippen LogP contribution in [0.5, 0.6) is 0 Å². The Bertz CT molecular complexity index is 607. The fraction of sp³-hybridized carbons (Fsp3) is 0.412. The third kappa shape index (κ3) is 4.43. The number of aryl methyl sites for hydroxylation is 2. The third-order valence-corrected chi connectivity index (χ3v) is 3.92. The van der Waals surface area contributed by atoms with Gasteiger partial charge in [-0.05, 0) is 52.9 Å². The Morgan fingerprint density at radius 1 is 1.23 bits per heavy atom. The predicted octanol–water partition coefficient (Wildman–Crippen LogP) is 2.99. The van der Waals surface area contributed by atoms with Crippen molar-refractivity contribution in [3.63, 3.8) is 0 Å². The lowest BCUT2D eigenvalue weighted by Gasteiger charge is -2.19. The van der Waals surface area contributed by atoms with Gasteiger partial charge in [0.05, 0.1) is 0 Å². The van der Waals surface area contributed by atoms with Crippen LogP contribution >= 0.6 is 0 Å². The van der Waals surface area contributed by atoms with E-state index in [9.17, 15) is 0 Å². The van der Waals surface area contributed by atoms with Gasteiger partial charge in [-0.1, -0.05) is 17.7 Å². The largest absolute Gasteiger partial charge is 0.383 e. The fourth-order valence-corrected chi connectivity index (χ4v) is 2.06. The van der Waals surface area contributed by atoms with E-state index in [1.165, 1.54) is 5.56 Å². The van der Waals surface area contributed by atoms with E-state index >= 15 is 0 Å². The number of anilines is 3. The Hall–Kier alpha value is -2.14. The van der Waals surface area contributed by atoms with Crippen molar-refractivity contribution in [2.75, 3.05) is 25.1 Å². The second-order valence-corrected chi connectivity index (χ2v) is 5.95. The zero-order chi connectivity index (χ0) is 16.1. The molecule has 0 saturated heterocycles. The Labute approximate surface area is 132 Å². The molecule has 1 atom stereocenters. The molecule has 2 aromatic rings. The molecule has 0 amide bonds. The molecule has 118 valence electrons. The molecule has 5 nitrogen and oxygen atoms in total. The van der Waals surface area contributed by atoms with E-state index in [1.54, 1.807) is 0 Å². The molecule has 0 saturated carbocycles. The van der Waals surface area contributed by atoms with Gasteiger partial charge in [-0.25, -0.2) is 4.98 Å². The molecule has 0 bridgehead atoms. The van der Waals surface area contributed by atoms with Crippen LogP contribution in [-0.2, 0) is 6.42 Å². The molecular weight excluding hydrogens is 274 g/mol. The third-order valence-electron chi connectivity index (χ3n) is 3.92. The van der Waals surface area contributed by atoms with E-state index in [4.69, 9.17) is 5.73 Å². The lowest BCUT2D eigenvalue weighted by atomic mass is 10.1. The average Bonchev–Trinajstić information content (AvgIpc) is 2.48. The number of rotatable bonds is 6. The van der Waals surface area contributed by atoms with Crippen molar-refractivity contribution in [2.24, 2.45) is 0 Å². The summed E-state index contributed by atoms with van der Waals surface area (Å²) in [7, 11) is 4.16. The predicted molar refractivity (Wildman–Crippen MR) is 92.4 cm³/mol. The summed E-state index contributed by atoms with van der Waals surface area (Å²) in [5, 5.41) is 3.17. The van der Waals surface area contributed by atoms with E-state index in [1.807, 2.05) is 30.5 Å². The van der Waals surface area contributed by atoms with Gasteiger partial charge in [-0.15, -0.1) is 0 Å². The maximum Gasteiger partial charge on any atom is 0.229 e. The van der Waals surface area contributed by atoms with E-state index in [-0.39, 0.29) is 0 Å². The lowest BCUT2D eigenvalue weighted by molar-refractivity contribution is 0.299. The number of benzene rings is 1. The van der Waals surface area contributed by atoms with Gasteiger partial charge in [-0.3, -0.25) is 0 Å². The SMILES string of the molecule is Cc1ccc(Nc2ncc(CCC(C)N(C)C)c(N)n2)cc1. The van der Waals surface area contributed by atoms with Crippen molar-refractivity contribution >= 4 is 17.5 Å². The number of hydrogen-bond acceptors (Lipinski definition) is 5. The minimum absolute atomic E-state index is 0.504. The van der Waals surface area contributed by atoms with Gasteiger partial charge in [-0.2, -0.15) is 4.98 Å². The van der Waals surface area contributed by atoms with Crippen LogP contribution in [0.2, 0.25) is 0 Å². The van der Waals surface area contributed by atoms with Crippen molar-refractivity contribution in [3.8, 4) is 0 Å². The maximum atomic E-state index is 6.06. The Kier molecular flexibility index (Phi) is 5.33. The van der Waals surface area contributed by atoms with Gasteiger partial charge in [0, 0.05) is 23.5 Å². The highest BCUT2D eigenvalue weighted by molar-refractivity contribution is 5.55. The lowest BCUT2D eigenvalue weighted by Crippen LogP contribution is -2.25. The number of nitrogen functional groups attached to an aromatic ring is 1. The van der Waals surface area contributed by atoms with Gasteiger partial charge in [0.1, 0.15) is 5.82 Å². The summed E-state index contributed by atoms with van der Waals surface area (Å²) < 4.78 is 0. The van der Waals surface area contributed by atoms with E-state index in [0.29, 0.717) is 17.8 Å². The summed E-state index contributed by atoms with van der Waals surface area (Å²) in [5.41, 5.74) is 9.24. The van der Waals surface area contributed by atoms with Crippen molar-refractivity contribution in [1.29, 1.82) is 0 Å². The molecule has 0 radical (unpaired) electrons. The second-order valence-electron chi connectivity index (χ2n) is 5.95. The molecule has 22 heavy (non-hydrogen) atoms. The molecule has 0 aliphatic carbocycles. The Morgan fingerprint density at radius 3 is 2.50 bits per heavy atom. The van der Waals surface area contributed by atoms with Gasteiger partial charge < -0.3 is 16.0 Å². The van der Waals surface area contributed by atoms with Crippen molar-refractivity contribution in [3.05, 3.63) is 41.6 Å². The number of nitrogens with zero attached hydrogens (tertiary/aromatic N) is 3. The van der Waals surface area contributed by atoms with Crippen molar-refractivity contribution in [1.82, 2.24) is 14.9 Å². The second kappa shape index (κ2) is 7.22. The van der Waals surface area contributed by atoms with Crippen LogP contribution in [0.15, 0.2) is 30.5 Å². The molecule has 2 rings (SSSR count). The van der Waals surface area contributed by atoms with Gasteiger partial charge >= 0.3 is 0 Å². The highest BCUT2D eigenvalue weighted by atomic mass is 15.1. The van der Waals surface area contributed by atoms with Crippen molar-refractivity contribution in [2.45, 2.75) is 32.7 Å². The van der Waals surface area contributed by atoms with E-state index < -0.39 is 0 Å². The first-order valence-electron chi connectivity index (χ1n) is 7.57. The molecule has 5 heteroatoms. The number of aromatic nitrogens is 2. The normalized spacial score (nSPS) is 12.4.